The number of aryl methyl sites for hydroxylation is 2. The molecular weight excluding hydrogens is 461 g/mol. The number of rotatable bonds is 5. The lowest BCUT2D eigenvalue weighted by Gasteiger charge is -2.34. The predicted octanol–water partition coefficient (Wildman–Crippen LogP) is 5.88. The Bertz CT molecular complexity index is 1420. The molecule has 9 heteroatoms. The molecule has 35 heavy (non-hydrogen) atoms. The predicted molar refractivity (Wildman–Crippen MR) is 138 cm³/mol. The second-order valence-corrected chi connectivity index (χ2v) is 10.0. The summed E-state index contributed by atoms with van der Waals surface area (Å²) in [5.41, 5.74) is 4.90. The Labute approximate surface area is 208 Å². The number of hydrogen-bond acceptors (Lipinski definition) is 7. The van der Waals surface area contributed by atoms with Crippen LogP contribution in [0, 0.1) is 24.1 Å². The zero-order valence-electron chi connectivity index (χ0n) is 20.4. The molecule has 5 rings (SSSR count). The summed E-state index contributed by atoms with van der Waals surface area (Å²) in [4.78, 5) is 14.7. The van der Waals surface area contributed by atoms with E-state index in [0.29, 0.717) is 27.3 Å². The van der Waals surface area contributed by atoms with E-state index in [1.165, 1.54) is 42.7 Å². The summed E-state index contributed by atoms with van der Waals surface area (Å²) in [6.45, 7) is 7.40. The lowest BCUT2D eigenvalue weighted by molar-refractivity contribution is 0.481. The first-order chi connectivity index (χ1) is 16.9. The van der Waals surface area contributed by atoms with Crippen LogP contribution < -0.4 is 9.80 Å². The van der Waals surface area contributed by atoms with Crippen LogP contribution in [0.4, 0.5) is 21.0 Å². The van der Waals surface area contributed by atoms with Crippen molar-refractivity contribution in [1.29, 1.82) is 5.26 Å². The number of piperidine rings is 1. The average molecular weight is 490 g/mol. The molecule has 0 bridgehead atoms. The highest BCUT2D eigenvalue weighted by molar-refractivity contribution is 7.16. The molecule has 1 aliphatic heterocycles. The van der Waals surface area contributed by atoms with Gasteiger partial charge in [0.15, 0.2) is 10.8 Å². The highest BCUT2D eigenvalue weighted by Gasteiger charge is 2.26. The molecule has 3 aromatic heterocycles. The van der Waals surface area contributed by atoms with Crippen LogP contribution in [0.3, 0.4) is 0 Å². The van der Waals surface area contributed by atoms with Crippen LogP contribution in [-0.4, -0.2) is 39.2 Å². The van der Waals surface area contributed by atoms with E-state index in [4.69, 9.17) is 15.1 Å². The molecule has 0 N–H and O–H groups in total. The SMILES string of the molecule is CCc1nn2c(C)cc(N3CCCC[C@H]3C)nc2c1N(C)c1nc(-c2ccc(F)cc2)c(C#N)s1. The van der Waals surface area contributed by atoms with Crippen LogP contribution in [-0.2, 0) is 6.42 Å². The van der Waals surface area contributed by atoms with Gasteiger partial charge in [0, 0.05) is 37.0 Å². The first-order valence-electron chi connectivity index (χ1n) is 12.0. The Morgan fingerprint density at radius 2 is 2.00 bits per heavy atom. The van der Waals surface area contributed by atoms with Gasteiger partial charge in [-0.2, -0.15) is 10.4 Å². The third-order valence-electron chi connectivity index (χ3n) is 6.69. The first-order valence-corrected chi connectivity index (χ1v) is 12.8. The number of nitrogens with zero attached hydrogens (tertiary/aromatic N) is 7. The lowest BCUT2D eigenvalue weighted by atomic mass is 10.0. The van der Waals surface area contributed by atoms with E-state index in [-0.39, 0.29) is 5.82 Å². The van der Waals surface area contributed by atoms with Crippen molar-refractivity contribution in [2.24, 2.45) is 0 Å². The topological polar surface area (TPSA) is 73.3 Å². The molecule has 4 heterocycles. The van der Waals surface area contributed by atoms with E-state index in [1.807, 2.05) is 16.5 Å². The zero-order chi connectivity index (χ0) is 24.7. The minimum atomic E-state index is -0.320. The molecule has 1 saturated heterocycles. The number of thiazole rings is 1. The number of benzene rings is 1. The summed E-state index contributed by atoms with van der Waals surface area (Å²) in [6, 6.07) is 10.9. The summed E-state index contributed by atoms with van der Waals surface area (Å²) < 4.78 is 15.4. The Hall–Kier alpha value is -3.51. The van der Waals surface area contributed by atoms with Crippen molar-refractivity contribution in [3.05, 3.63) is 52.4 Å². The molecule has 0 radical (unpaired) electrons. The van der Waals surface area contributed by atoms with Crippen molar-refractivity contribution < 1.29 is 4.39 Å². The molecular formula is C26H28FN7S. The highest BCUT2D eigenvalue weighted by atomic mass is 32.1. The Kier molecular flexibility index (Phi) is 6.15. The minimum absolute atomic E-state index is 0.320. The molecule has 1 aromatic carbocycles. The van der Waals surface area contributed by atoms with Crippen molar-refractivity contribution in [3.63, 3.8) is 0 Å². The molecule has 1 aliphatic rings. The largest absolute Gasteiger partial charge is 0.354 e. The van der Waals surface area contributed by atoms with Crippen LogP contribution in [0.25, 0.3) is 16.9 Å². The Balaban J connectivity index is 1.62. The summed E-state index contributed by atoms with van der Waals surface area (Å²) in [5.74, 6) is 0.655. The van der Waals surface area contributed by atoms with Gasteiger partial charge in [0.25, 0.3) is 0 Å². The normalized spacial score (nSPS) is 16.0. The van der Waals surface area contributed by atoms with Crippen molar-refractivity contribution in [3.8, 4) is 17.3 Å². The maximum Gasteiger partial charge on any atom is 0.191 e. The van der Waals surface area contributed by atoms with Crippen LogP contribution in [0.2, 0.25) is 0 Å². The highest BCUT2D eigenvalue weighted by Crippen LogP contribution is 2.38. The first kappa shape index (κ1) is 23.2. The van der Waals surface area contributed by atoms with Crippen molar-refractivity contribution in [2.75, 3.05) is 23.4 Å². The molecule has 4 aromatic rings. The summed E-state index contributed by atoms with van der Waals surface area (Å²) >= 11 is 1.31. The molecule has 0 aliphatic carbocycles. The van der Waals surface area contributed by atoms with Crippen molar-refractivity contribution in [2.45, 2.75) is 52.5 Å². The van der Waals surface area contributed by atoms with Gasteiger partial charge >= 0.3 is 0 Å². The van der Waals surface area contributed by atoms with Gasteiger partial charge in [0.05, 0.1) is 5.69 Å². The van der Waals surface area contributed by atoms with Crippen LogP contribution >= 0.6 is 11.3 Å². The van der Waals surface area contributed by atoms with Gasteiger partial charge in [-0.15, -0.1) is 0 Å². The smallest absolute Gasteiger partial charge is 0.191 e. The molecule has 1 fully saturated rings. The quantitative estimate of drug-likeness (QED) is 0.348. The van der Waals surface area contributed by atoms with Crippen LogP contribution in [0.5, 0.6) is 0 Å². The van der Waals surface area contributed by atoms with E-state index in [9.17, 15) is 9.65 Å². The molecule has 1 atom stereocenters. The number of hydrogen-bond donors (Lipinski definition) is 0. The Morgan fingerprint density at radius 3 is 2.69 bits per heavy atom. The molecule has 0 saturated carbocycles. The number of halogens is 1. The zero-order valence-corrected chi connectivity index (χ0v) is 21.2. The van der Waals surface area contributed by atoms with Gasteiger partial charge in [0.1, 0.15) is 34.0 Å². The fraction of sp³-hybridized carbons (Fsp3) is 0.385. The number of aromatic nitrogens is 4. The molecule has 0 unspecified atom stereocenters. The van der Waals surface area contributed by atoms with E-state index in [2.05, 4.69) is 37.8 Å². The number of anilines is 3. The van der Waals surface area contributed by atoms with E-state index < -0.39 is 0 Å². The maximum atomic E-state index is 13.4. The fourth-order valence-corrected chi connectivity index (χ4v) is 5.63. The van der Waals surface area contributed by atoms with Gasteiger partial charge in [-0.1, -0.05) is 18.3 Å². The van der Waals surface area contributed by atoms with Gasteiger partial charge < -0.3 is 9.80 Å². The fourth-order valence-electron chi connectivity index (χ4n) is 4.77. The van der Waals surface area contributed by atoms with Gasteiger partial charge in [0.2, 0.25) is 0 Å². The molecule has 7 nitrogen and oxygen atoms in total. The van der Waals surface area contributed by atoms with Gasteiger partial charge in [-0.25, -0.2) is 18.9 Å². The van der Waals surface area contributed by atoms with Crippen LogP contribution in [0.1, 0.15) is 49.4 Å². The third kappa shape index (κ3) is 4.12. The van der Waals surface area contributed by atoms with Crippen molar-refractivity contribution in [1.82, 2.24) is 19.6 Å². The van der Waals surface area contributed by atoms with Gasteiger partial charge in [-0.05, 0) is 63.8 Å². The van der Waals surface area contributed by atoms with E-state index in [0.717, 1.165) is 41.5 Å². The summed E-state index contributed by atoms with van der Waals surface area (Å²) in [6.07, 6.45) is 4.32. The molecule has 180 valence electrons. The summed E-state index contributed by atoms with van der Waals surface area (Å²) in [7, 11) is 1.94. The minimum Gasteiger partial charge on any atom is -0.354 e. The standard InChI is InChI=1S/C26H28FN7S/c1-5-20-24(25-29-22(14-17(3)34(25)31-20)33-13-7-6-8-16(33)2)32(4)26-30-23(21(15-28)35-26)18-9-11-19(27)12-10-18/h9-12,14,16H,5-8,13H2,1-4H3/t16-/m1/s1. The second-order valence-electron chi connectivity index (χ2n) is 9.03. The lowest BCUT2D eigenvalue weighted by Crippen LogP contribution is -2.38. The van der Waals surface area contributed by atoms with Gasteiger partial charge in [-0.3, -0.25) is 0 Å². The monoisotopic (exact) mass is 489 g/mol. The van der Waals surface area contributed by atoms with E-state index >= 15 is 0 Å². The molecule has 0 spiro atoms. The number of nitriles is 1. The van der Waals surface area contributed by atoms with Crippen molar-refractivity contribution >= 4 is 33.6 Å². The average Bonchev–Trinajstić information content (AvgIpc) is 3.46. The Morgan fingerprint density at radius 1 is 1.23 bits per heavy atom. The third-order valence-corrected chi connectivity index (χ3v) is 7.73. The summed E-state index contributed by atoms with van der Waals surface area (Å²) in [5, 5.41) is 15.3. The second kappa shape index (κ2) is 9.27. The van der Waals surface area contributed by atoms with E-state index in [1.54, 1.807) is 12.1 Å². The number of fused-ring (bicyclic) bond motifs is 1. The maximum absolute atomic E-state index is 13.4. The van der Waals surface area contributed by atoms with Crippen LogP contribution in [0.15, 0.2) is 30.3 Å². The molecule has 0 amide bonds.